The number of benzene rings is 1. The van der Waals surface area contributed by atoms with Gasteiger partial charge in [0.15, 0.2) is 5.65 Å². The summed E-state index contributed by atoms with van der Waals surface area (Å²) < 4.78 is 5.62. The molecule has 1 amide bonds. The number of nitrogens with zero attached hydrogens (tertiary/aromatic N) is 2. The van der Waals surface area contributed by atoms with Crippen LogP contribution >= 0.6 is 0 Å². The number of furan rings is 1. The largest absolute Gasteiger partial charge is 0.464 e. The normalized spacial score (nSPS) is 11.3. The Bertz CT molecular complexity index is 1080. The van der Waals surface area contributed by atoms with E-state index in [-0.39, 0.29) is 12.3 Å². The van der Waals surface area contributed by atoms with E-state index >= 15 is 0 Å². The lowest BCUT2D eigenvalue weighted by atomic mass is 10.0. The van der Waals surface area contributed by atoms with Gasteiger partial charge < -0.3 is 9.73 Å². The fourth-order valence-corrected chi connectivity index (χ4v) is 3.22. The quantitative estimate of drug-likeness (QED) is 0.600. The number of hydrogen-bond donors (Lipinski definition) is 2. The molecule has 6 heteroatoms. The summed E-state index contributed by atoms with van der Waals surface area (Å²) in [6.45, 7) is 4.45. The van der Waals surface area contributed by atoms with Gasteiger partial charge in [-0.25, -0.2) is 4.98 Å². The molecular formula is C19H18N4O2. The third-order valence-electron chi connectivity index (χ3n) is 4.31. The van der Waals surface area contributed by atoms with Crippen molar-refractivity contribution in [2.24, 2.45) is 0 Å². The van der Waals surface area contributed by atoms with Gasteiger partial charge in [0.05, 0.1) is 24.9 Å². The first-order valence-electron chi connectivity index (χ1n) is 8.14. The molecule has 0 aliphatic carbocycles. The molecule has 4 aromatic rings. The maximum Gasteiger partial charge on any atom is 0.224 e. The topological polar surface area (TPSA) is 83.8 Å². The molecule has 0 aliphatic rings. The van der Waals surface area contributed by atoms with Crippen LogP contribution in [0, 0.1) is 13.8 Å². The Morgan fingerprint density at radius 3 is 3.08 bits per heavy atom. The monoisotopic (exact) mass is 334 g/mol. The van der Waals surface area contributed by atoms with Gasteiger partial charge >= 0.3 is 0 Å². The maximum absolute atomic E-state index is 12.4. The van der Waals surface area contributed by atoms with Crippen molar-refractivity contribution in [3.8, 4) is 0 Å². The van der Waals surface area contributed by atoms with Gasteiger partial charge in [0, 0.05) is 22.5 Å². The van der Waals surface area contributed by atoms with Crippen LogP contribution in [0.25, 0.3) is 22.0 Å². The second-order valence-corrected chi connectivity index (χ2v) is 6.25. The zero-order chi connectivity index (χ0) is 17.4. The van der Waals surface area contributed by atoms with E-state index in [0.29, 0.717) is 12.2 Å². The number of carbonyl (C=O) groups is 1. The highest BCUT2D eigenvalue weighted by molar-refractivity contribution is 5.90. The van der Waals surface area contributed by atoms with Crippen LogP contribution in [0.5, 0.6) is 0 Å². The van der Waals surface area contributed by atoms with Crippen molar-refractivity contribution in [3.63, 3.8) is 0 Å². The van der Waals surface area contributed by atoms with Crippen LogP contribution < -0.4 is 5.32 Å². The van der Waals surface area contributed by atoms with Crippen molar-refractivity contribution in [3.05, 3.63) is 59.1 Å². The van der Waals surface area contributed by atoms with Crippen LogP contribution in [0.4, 0.5) is 0 Å². The molecule has 0 spiro atoms. The molecule has 1 aromatic carbocycles. The Hall–Kier alpha value is -3.15. The van der Waals surface area contributed by atoms with Gasteiger partial charge in [-0.15, -0.1) is 0 Å². The van der Waals surface area contributed by atoms with Gasteiger partial charge in [-0.05, 0) is 43.2 Å². The Labute approximate surface area is 144 Å². The number of hydrogen-bond acceptors (Lipinski definition) is 4. The van der Waals surface area contributed by atoms with E-state index < -0.39 is 0 Å². The van der Waals surface area contributed by atoms with E-state index in [2.05, 4.69) is 26.6 Å². The number of H-pyrrole nitrogens is 1. The van der Waals surface area contributed by atoms with Gasteiger partial charge in [0.2, 0.25) is 5.91 Å². The summed E-state index contributed by atoms with van der Waals surface area (Å²) >= 11 is 0. The fraction of sp³-hybridized carbons (Fsp3) is 0.211. The third-order valence-corrected chi connectivity index (χ3v) is 4.31. The second kappa shape index (κ2) is 6.05. The number of fused-ring (bicyclic) bond motifs is 2. The minimum Gasteiger partial charge on any atom is -0.464 e. The highest BCUT2D eigenvalue weighted by atomic mass is 16.3. The van der Waals surface area contributed by atoms with E-state index in [1.807, 2.05) is 32.0 Å². The lowest BCUT2D eigenvalue weighted by Gasteiger charge is -2.05. The average Bonchev–Trinajstić information content (AvgIpc) is 3.17. The summed E-state index contributed by atoms with van der Waals surface area (Å²) in [6.07, 6.45) is 3.65. The molecule has 0 saturated heterocycles. The van der Waals surface area contributed by atoms with Gasteiger partial charge in [0.25, 0.3) is 0 Å². The third kappa shape index (κ3) is 2.87. The number of rotatable bonds is 4. The molecule has 4 rings (SSSR count). The van der Waals surface area contributed by atoms with Gasteiger partial charge in [-0.1, -0.05) is 6.07 Å². The van der Waals surface area contributed by atoms with Crippen molar-refractivity contribution in [1.29, 1.82) is 0 Å². The highest BCUT2D eigenvalue weighted by Crippen LogP contribution is 2.26. The molecule has 0 fully saturated rings. The summed E-state index contributed by atoms with van der Waals surface area (Å²) in [5.41, 5.74) is 5.50. The van der Waals surface area contributed by atoms with Crippen LogP contribution in [0.3, 0.4) is 0 Å². The maximum atomic E-state index is 12.4. The molecule has 25 heavy (non-hydrogen) atoms. The summed E-state index contributed by atoms with van der Waals surface area (Å²) in [6, 6.07) is 7.88. The van der Waals surface area contributed by atoms with Gasteiger partial charge in [-0.2, -0.15) is 5.10 Å². The van der Waals surface area contributed by atoms with Crippen molar-refractivity contribution < 1.29 is 9.21 Å². The Balaban J connectivity index is 1.49. The minimum absolute atomic E-state index is 0.0608. The average molecular weight is 334 g/mol. The number of amides is 1. The number of nitrogens with one attached hydrogen (secondary N) is 2. The standard InChI is InChI=1S/C19H18N4O2/c1-11-6-12(2)18-13(10-25-16(18)7-11)8-17(24)21-9-15-14-4-3-5-20-19(14)23-22-15/h3-7,10H,8-9H2,1-2H3,(H,21,24)(H,20,22,23). The molecule has 3 heterocycles. The molecule has 0 unspecified atom stereocenters. The lowest BCUT2D eigenvalue weighted by Crippen LogP contribution is -2.24. The molecule has 3 aromatic heterocycles. The number of aromatic amines is 1. The lowest BCUT2D eigenvalue weighted by molar-refractivity contribution is -0.120. The first kappa shape index (κ1) is 15.4. The zero-order valence-electron chi connectivity index (χ0n) is 14.1. The van der Waals surface area contributed by atoms with E-state index in [1.54, 1.807) is 12.5 Å². The smallest absolute Gasteiger partial charge is 0.224 e. The molecule has 126 valence electrons. The highest BCUT2D eigenvalue weighted by Gasteiger charge is 2.13. The first-order chi connectivity index (χ1) is 12.1. The predicted octanol–water partition coefficient (Wildman–Crippen LogP) is 3.18. The molecule has 2 N–H and O–H groups in total. The predicted molar refractivity (Wildman–Crippen MR) is 95.1 cm³/mol. The fourth-order valence-electron chi connectivity index (χ4n) is 3.22. The van der Waals surface area contributed by atoms with Crippen molar-refractivity contribution in [2.75, 3.05) is 0 Å². The molecule has 0 atom stereocenters. The summed E-state index contributed by atoms with van der Waals surface area (Å²) in [5, 5.41) is 11.9. The van der Waals surface area contributed by atoms with Crippen molar-refractivity contribution in [1.82, 2.24) is 20.5 Å². The number of aryl methyl sites for hydroxylation is 2. The van der Waals surface area contributed by atoms with Crippen LogP contribution in [-0.2, 0) is 17.8 Å². The van der Waals surface area contributed by atoms with E-state index in [1.165, 1.54) is 0 Å². The van der Waals surface area contributed by atoms with E-state index in [0.717, 1.165) is 38.7 Å². The number of aromatic nitrogens is 3. The SMILES string of the molecule is Cc1cc(C)c2c(CC(=O)NCc3[nH]nc4ncccc34)coc2c1. The molecule has 0 aliphatic heterocycles. The number of carbonyl (C=O) groups excluding carboxylic acids is 1. The molecule has 0 bridgehead atoms. The first-order valence-corrected chi connectivity index (χ1v) is 8.14. The zero-order valence-corrected chi connectivity index (χ0v) is 14.1. The molecule has 0 radical (unpaired) electrons. The Morgan fingerprint density at radius 1 is 1.32 bits per heavy atom. The van der Waals surface area contributed by atoms with Gasteiger partial charge in [-0.3, -0.25) is 9.89 Å². The Morgan fingerprint density at radius 2 is 2.20 bits per heavy atom. The summed E-state index contributed by atoms with van der Waals surface area (Å²) in [7, 11) is 0. The van der Waals surface area contributed by atoms with Crippen LogP contribution in [0.2, 0.25) is 0 Å². The van der Waals surface area contributed by atoms with Crippen molar-refractivity contribution in [2.45, 2.75) is 26.8 Å². The Kier molecular flexibility index (Phi) is 3.72. The van der Waals surface area contributed by atoms with Crippen LogP contribution in [0.1, 0.15) is 22.4 Å². The molecule has 6 nitrogen and oxygen atoms in total. The molecule has 0 saturated carbocycles. The molecular weight excluding hydrogens is 316 g/mol. The van der Waals surface area contributed by atoms with Gasteiger partial charge in [0.1, 0.15) is 5.58 Å². The summed E-state index contributed by atoms with van der Waals surface area (Å²) in [4.78, 5) is 16.5. The summed E-state index contributed by atoms with van der Waals surface area (Å²) in [5.74, 6) is -0.0608. The minimum atomic E-state index is -0.0608. The van der Waals surface area contributed by atoms with Crippen LogP contribution in [-0.4, -0.2) is 21.1 Å². The number of pyridine rings is 1. The van der Waals surface area contributed by atoms with Crippen molar-refractivity contribution >= 4 is 27.9 Å². The van der Waals surface area contributed by atoms with Crippen LogP contribution in [0.15, 0.2) is 41.1 Å². The van der Waals surface area contributed by atoms with E-state index in [9.17, 15) is 4.79 Å². The van der Waals surface area contributed by atoms with E-state index in [4.69, 9.17) is 4.42 Å². The second-order valence-electron chi connectivity index (χ2n) is 6.25.